The van der Waals surface area contributed by atoms with Gasteiger partial charge in [0.2, 0.25) is 0 Å². The second-order valence-electron chi connectivity index (χ2n) is 4.13. The van der Waals surface area contributed by atoms with Gasteiger partial charge in [0.05, 0.1) is 0 Å². The van der Waals surface area contributed by atoms with Crippen LogP contribution in [-0.4, -0.2) is 30.6 Å². The molecule has 17 heavy (non-hydrogen) atoms. The van der Waals surface area contributed by atoms with E-state index in [9.17, 15) is 4.79 Å². The van der Waals surface area contributed by atoms with E-state index in [4.69, 9.17) is 9.47 Å². The van der Waals surface area contributed by atoms with Crippen molar-refractivity contribution in [2.75, 3.05) is 19.8 Å². The first-order chi connectivity index (χ1) is 8.18. The Hall–Kier alpha value is -0.780. The smallest absolute Gasteiger partial charge is 0.178 e. The van der Waals surface area contributed by atoms with E-state index in [-0.39, 0.29) is 11.4 Å². The van der Waals surface area contributed by atoms with Gasteiger partial charge in [-0.05, 0) is 6.92 Å². The van der Waals surface area contributed by atoms with Crippen molar-refractivity contribution >= 4 is 17.1 Å². The highest BCUT2D eigenvalue weighted by atomic mass is 32.1. The van der Waals surface area contributed by atoms with E-state index < -0.39 is 0 Å². The predicted molar refractivity (Wildman–Crippen MR) is 65.5 cm³/mol. The van der Waals surface area contributed by atoms with Crippen LogP contribution in [0.4, 0.5) is 0 Å². The molecule has 1 aromatic heterocycles. The van der Waals surface area contributed by atoms with Gasteiger partial charge in [-0.3, -0.25) is 4.79 Å². The van der Waals surface area contributed by atoms with Crippen molar-refractivity contribution in [3.05, 3.63) is 16.1 Å². The summed E-state index contributed by atoms with van der Waals surface area (Å²) in [7, 11) is 0. The van der Waals surface area contributed by atoms with E-state index in [2.05, 4.69) is 4.98 Å². The maximum absolute atomic E-state index is 11.3. The summed E-state index contributed by atoms with van der Waals surface area (Å²) in [6, 6.07) is 0. The fraction of sp³-hybridized carbons (Fsp3) is 0.667. The van der Waals surface area contributed by atoms with Crippen LogP contribution in [0.15, 0.2) is 5.38 Å². The highest BCUT2D eigenvalue weighted by molar-refractivity contribution is 7.10. The highest BCUT2D eigenvalue weighted by Crippen LogP contribution is 2.37. The molecule has 2 rings (SSSR count). The number of hydrogen-bond acceptors (Lipinski definition) is 5. The monoisotopic (exact) mass is 255 g/mol. The lowest BCUT2D eigenvalue weighted by atomic mass is 9.95. The molecule has 2 heterocycles. The van der Waals surface area contributed by atoms with Crippen LogP contribution < -0.4 is 0 Å². The first kappa shape index (κ1) is 12.7. The number of thiazole rings is 1. The molecule has 1 fully saturated rings. The van der Waals surface area contributed by atoms with Gasteiger partial charge in [-0.1, -0.05) is 0 Å². The molecule has 0 bridgehead atoms. The Morgan fingerprint density at radius 2 is 2.29 bits per heavy atom. The van der Waals surface area contributed by atoms with E-state index in [0.717, 1.165) is 17.8 Å². The number of carbonyl (C=O) groups excluding carboxylic acids is 1. The van der Waals surface area contributed by atoms with Gasteiger partial charge < -0.3 is 9.47 Å². The van der Waals surface area contributed by atoms with Gasteiger partial charge in [0.25, 0.3) is 0 Å². The van der Waals surface area contributed by atoms with Crippen LogP contribution in [-0.2, 0) is 15.1 Å². The van der Waals surface area contributed by atoms with Crippen LogP contribution in [0.3, 0.4) is 0 Å². The molecule has 0 N–H and O–H groups in total. The molecule has 0 amide bonds. The molecule has 1 aromatic rings. The summed E-state index contributed by atoms with van der Waals surface area (Å²) >= 11 is 1.51. The lowest BCUT2D eigenvalue weighted by Crippen LogP contribution is -2.36. The zero-order chi connectivity index (χ0) is 12.3. The van der Waals surface area contributed by atoms with Crippen molar-refractivity contribution < 1.29 is 14.3 Å². The van der Waals surface area contributed by atoms with Crippen molar-refractivity contribution in [1.82, 2.24) is 4.98 Å². The maximum atomic E-state index is 11.3. The molecule has 94 valence electrons. The van der Waals surface area contributed by atoms with E-state index >= 15 is 0 Å². The van der Waals surface area contributed by atoms with Crippen LogP contribution in [0.5, 0.6) is 0 Å². The Bertz CT molecular complexity index is 391. The molecule has 5 heteroatoms. The SMILES string of the molecule is CCOC1(c2nc(C(C)=O)cs2)CCOCC1. The molecule has 0 atom stereocenters. The fourth-order valence-electron chi connectivity index (χ4n) is 2.04. The van der Waals surface area contributed by atoms with Gasteiger partial charge in [-0.2, -0.15) is 0 Å². The zero-order valence-electron chi connectivity index (χ0n) is 10.2. The summed E-state index contributed by atoms with van der Waals surface area (Å²) in [6.45, 7) is 5.55. The number of ketones is 1. The number of rotatable bonds is 4. The lowest BCUT2D eigenvalue weighted by Gasteiger charge is -2.35. The van der Waals surface area contributed by atoms with Crippen molar-refractivity contribution in [2.24, 2.45) is 0 Å². The number of ether oxygens (including phenoxy) is 2. The largest absolute Gasteiger partial charge is 0.381 e. The third-order valence-corrected chi connectivity index (χ3v) is 4.00. The van der Waals surface area contributed by atoms with Gasteiger partial charge in [0.1, 0.15) is 16.3 Å². The summed E-state index contributed by atoms with van der Waals surface area (Å²) in [6.07, 6.45) is 1.62. The van der Waals surface area contributed by atoms with Crippen LogP contribution in [0.1, 0.15) is 42.2 Å². The first-order valence-corrected chi connectivity index (χ1v) is 6.74. The molecule has 0 aromatic carbocycles. The Kier molecular flexibility index (Phi) is 3.91. The van der Waals surface area contributed by atoms with E-state index in [1.807, 2.05) is 12.3 Å². The van der Waals surface area contributed by atoms with Crippen LogP contribution >= 0.6 is 11.3 Å². The van der Waals surface area contributed by atoms with Crippen LogP contribution in [0.25, 0.3) is 0 Å². The fourth-order valence-corrected chi connectivity index (χ4v) is 3.11. The summed E-state index contributed by atoms with van der Waals surface area (Å²) in [5.41, 5.74) is 0.196. The summed E-state index contributed by atoms with van der Waals surface area (Å²) in [4.78, 5) is 15.7. The average molecular weight is 255 g/mol. The van der Waals surface area contributed by atoms with Gasteiger partial charge in [0, 0.05) is 45.0 Å². The van der Waals surface area contributed by atoms with Gasteiger partial charge in [0.15, 0.2) is 5.78 Å². The van der Waals surface area contributed by atoms with Crippen molar-refractivity contribution in [3.8, 4) is 0 Å². The van der Waals surface area contributed by atoms with Crippen LogP contribution in [0, 0.1) is 0 Å². The Morgan fingerprint density at radius 1 is 1.59 bits per heavy atom. The maximum Gasteiger partial charge on any atom is 0.178 e. The Balaban J connectivity index is 2.27. The lowest BCUT2D eigenvalue weighted by molar-refractivity contribution is -0.112. The molecule has 0 spiro atoms. The molecule has 1 aliphatic heterocycles. The predicted octanol–water partition coefficient (Wildman–Crippen LogP) is 2.39. The topological polar surface area (TPSA) is 48.4 Å². The summed E-state index contributed by atoms with van der Waals surface area (Å²) in [5.74, 6) is 0.00575. The van der Waals surface area contributed by atoms with Crippen molar-refractivity contribution in [3.63, 3.8) is 0 Å². The normalized spacial score (nSPS) is 19.2. The molecule has 4 nitrogen and oxygen atoms in total. The first-order valence-electron chi connectivity index (χ1n) is 5.86. The molecular weight excluding hydrogens is 238 g/mol. The highest BCUT2D eigenvalue weighted by Gasteiger charge is 2.38. The second-order valence-corrected chi connectivity index (χ2v) is 4.99. The third-order valence-electron chi connectivity index (χ3n) is 2.98. The average Bonchev–Trinajstić information content (AvgIpc) is 2.80. The van der Waals surface area contributed by atoms with E-state index in [1.54, 1.807) is 0 Å². The molecule has 0 saturated carbocycles. The molecule has 0 unspecified atom stereocenters. The molecule has 1 saturated heterocycles. The Labute approximate surface area is 105 Å². The minimum atomic E-state index is -0.342. The molecular formula is C12H17NO3S. The number of hydrogen-bond donors (Lipinski definition) is 0. The van der Waals surface area contributed by atoms with E-state index in [1.165, 1.54) is 18.3 Å². The number of nitrogens with zero attached hydrogens (tertiary/aromatic N) is 1. The van der Waals surface area contributed by atoms with Crippen molar-refractivity contribution in [1.29, 1.82) is 0 Å². The minimum Gasteiger partial charge on any atom is -0.381 e. The quantitative estimate of drug-likeness (QED) is 0.775. The minimum absolute atomic E-state index is 0.00575. The standard InChI is InChI=1S/C12H17NO3S/c1-3-16-12(4-6-15-7-5-12)11-13-10(8-17-11)9(2)14/h8H,3-7H2,1-2H3. The van der Waals surface area contributed by atoms with Gasteiger partial charge in [-0.15, -0.1) is 11.3 Å². The van der Waals surface area contributed by atoms with Gasteiger partial charge >= 0.3 is 0 Å². The van der Waals surface area contributed by atoms with Crippen LogP contribution in [0.2, 0.25) is 0 Å². The summed E-state index contributed by atoms with van der Waals surface area (Å²) < 4.78 is 11.3. The third kappa shape index (κ3) is 2.56. The molecule has 0 radical (unpaired) electrons. The van der Waals surface area contributed by atoms with Crippen molar-refractivity contribution in [2.45, 2.75) is 32.3 Å². The van der Waals surface area contributed by atoms with E-state index in [0.29, 0.717) is 25.5 Å². The molecule has 0 aliphatic carbocycles. The number of carbonyl (C=O) groups is 1. The second kappa shape index (κ2) is 5.25. The van der Waals surface area contributed by atoms with Gasteiger partial charge in [-0.25, -0.2) is 4.98 Å². The Morgan fingerprint density at radius 3 is 2.82 bits per heavy atom. The zero-order valence-corrected chi connectivity index (χ0v) is 11.0. The number of aromatic nitrogens is 1. The number of Topliss-reactive ketones (excluding diaryl/α,β-unsaturated/α-hetero) is 1. The molecule has 1 aliphatic rings. The summed E-state index contributed by atoms with van der Waals surface area (Å²) in [5, 5.41) is 2.72.